The Morgan fingerprint density at radius 1 is 1.18 bits per heavy atom. The summed E-state index contributed by atoms with van der Waals surface area (Å²) in [4.78, 5) is 29.3. The molecule has 0 amide bonds. The van der Waals surface area contributed by atoms with Crippen LogP contribution in [0.2, 0.25) is 0 Å². The van der Waals surface area contributed by atoms with Crippen molar-refractivity contribution in [3.8, 4) is 5.75 Å². The molecular weight excluding hydrogens is 360 g/mol. The number of allylic oxidation sites excluding steroid dienone is 1. The molecule has 0 radical (unpaired) electrons. The summed E-state index contributed by atoms with van der Waals surface area (Å²) in [7, 11) is 3.00. The lowest BCUT2D eigenvalue weighted by molar-refractivity contribution is 0.475. The van der Waals surface area contributed by atoms with Crippen LogP contribution in [0.25, 0.3) is 11.2 Å². The number of phenols is 1. The van der Waals surface area contributed by atoms with Gasteiger partial charge < -0.3 is 5.11 Å². The van der Waals surface area contributed by atoms with E-state index in [1.807, 2.05) is 6.92 Å². The number of fused-ring (bicyclic) bond motifs is 1. The van der Waals surface area contributed by atoms with E-state index in [1.165, 1.54) is 11.6 Å². The van der Waals surface area contributed by atoms with Crippen LogP contribution in [0.4, 0.5) is 5.95 Å². The quantitative estimate of drug-likeness (QED) is 0.396. The van der Waals surface area contributed by atoms with Gasteiger partial charge in [-0.3, -0.25) is 18.5 Å². The molecule has 0 aliphatic rings. The molecule has 1 aromatic carbocycles. The molecule has 3 rings (SSSR count). The first-order valence-electron chi connectivity index (χ1n) is 8.61. The summed E-state index contributed by atoms with van der Waals surface area (Å²) in [6, 6.07) is 6.63. The summed E-state index contributed by atoms with van der Waals surface area (Å²) >= 11 is 0. The number of nitrogens with one attached hydrogen (secondary N) is 1. The van der Waals surface area contributed by atoms with E-state index in [-0.39, 0.29) is 11.4 Å². The van der Waals surface area contributed by atoms with Gasteiger partial charge in [0.2, 0.25) is 5.95 Å². The number of hydrogen-bond donors (Lipinski definition) is 2. The Balaban J connectivity index is 2.13. The predicted octanol–water partition coefficient (Wildman–Crippen LogP) is 1.55. The fraction of sp³-hybridized carbons (Fsp3) is 0.263. The summed E-state index contributed by atoms with van der Waals surface area (Å²) in [5.41, 5.74) is 4.87. The van der Waals surface area contributed by atoms with Gasteiger partial charge in [-0.15, -0.1) is 0 Å². The zero-order valence-corrected chi connectivity index (χ0v) is 16.2. The maximum absolute atomic E-state index is 12.7. The van der Waals surface area contributed by atoms with Crippen LogP contribution < -0.4 is 16.7 Å². The molecule has 2 N–H and O–H groups in total. The fourth-order valence-corrected chi connectivity index (χ4v) is 2.86. The standard InChI is InChI=1S/C19H22N6O3/c1-11(2)10-25-15-16(23(4)19(28)24(5)17(15)27)20-18(25)22-21-12(3)13-6-8-14(26)9-7-13/h6-9,26H,1,10H2,2-5H3,(H,20,22)/b21-12+. The number of imidazole rings is 1. The second-order valence-corrected chi connectivity index (χ2v) is 6.71. The summed E-state index contributed by atoms with van der Waals surface area (Å²) in [6.07, 6.45) is 0. The topological polar surface area (TPSA) is 106 Å². The maximum atomic E-state index is 12.7. The number of aryl methyl sites for hydroxylation is 1. The minimum absolute atomic E-state index is 0.171. The third kappa shape index (κ3) is 3.34. The molecule has 146 valence electrons. The molecule has 0 saturated heterocycles. The predicted molar refractivity (Wildman–Crippen MR) is 109 cm³/mol. The van der Waals surface area contributed by atoms with Gasteiger partial charge in [0.25, 0.3) is 5.56 Å². The van der Waals surface area contributed by atoms with Gasteiger partial charge in [-0.25, -0.2) is 10.2 Å². The first-order chi connectivity index (χ1) is 13.2. The van der Waals surface area contributed by atoms with E-state index >= 15 is 0 Å². The molecule has 0 aliphatic carbocycles. The SMILES string of the molecule is C=C(C)Cn1c(N/N=C(\C)c2ccc(O)cc2)nc2c1c(=O)n(C)c(=O)n2C. The van der Waals surface area contributed by atoms with E-state index in [1.54, 1.807) is 42.8 Å². The van der Waals surface area contributed by atoms with Gasteiger partial charge in [0, 0.05) is 20.6 Å². The van der Waals surface area contributed by atoms with E-state index in [9.17, 15) is 14.7 Å². The van der Waals surface area contributed by atoms with Crippen LogP contribution in [0.1, 0.15) is 19.4 Å². The lowest BCUT2D eigenvalue weighted by Gasteiger charge is -2.09. The third-order valence-electron chi connectivity index (χ3n) is 4.38. The summed E-state index contributed by atoms with van der Waals surface area (Å²) in [6.45, 7) is 7.90. The summed E-state index contributed by atoms with van der Waals surface area (Å²) < 4.78 is 4.04. The smallest absolute Gasteiger partial charge is 0.332 e. The molecule has 28 heavy (non-hydrogen) atoms. The molecule has 3 aromatic rings. The second-order valence-electron chi connectivity index (χ2n) is 6.71. The van der Waals surface area contributed by atoms with Gasteiger partial charge >= 0.3 is 5.69 Å². The van der Waals surface area contributed by atoms with Gasteiger partial charge in [0.15, 0.2) is 11.2 Å². The average Bonchev–Trinajstić information content (AvgIpc) is 3.01. The van der Waals surface area contributed by atoms with Crippen molar-refractivity contribution in [2.45, 2.75) is 20.4 Å². The minimum atomic E-state index is -0.451. The van der Waals surface area contributed by atoms with E-state index in [2.05, 4.69) is 22.1 Å². The molecule has 0 spiro atoms. The number of phenolic OH excluding ortho intramolecular Hbond substituents is 1. The number of benzene rings is 1. The number of hydrazone groups is 1. The Hall–Kier alpha value is -3.62. The number of aromatic hydroxyl groups is 1. The summed E-state index contributed by atoms with van der Waals surface area (Å²) in [5, 5.41) is 13.7. The minimum Gasteiger partial charge on any atom is -0.508 e. The van der Waals surface area contributed by atoms with Crippen molar-refractivity contribution in [3.05, 3.63) is 62.8 Å². The third-order valence-corrected chi connectivity index (χ3v) is 4.38. The zero-order chi connectivity index (χ0) is 20.6. The molecule has 9 heteroatoms. The Labute approximate surface area is 160 Å². The number of hydrogen-bond acceptors (Lipinski definition) is 6. The molecule has 2 heterocycles. The van der Waals surface area contributed by atoms with Crippen molar-refractivity contribution in [1.29, 1.82) is 0 Å². The Morgan fingerprint density at radius 2 is 1.82 bits per heavy atom. The van der Waals surface area contributed by atoms with Crippen LogP contribution in [0, 0.1) is 0 Å². The van der Waals surface area contributed by atoms with E-state index < -0.39 is 11.2 Å². The first kappa shape index (κ1) is 19.2. The average molecular weight is 382 g/mol. The van der Waals surface area contributed by atoms with Crippen molar-refractivity contribution in [2.24, 2.45) is 19.2 Å². The molecule has 0 saturated carbocycles. The van der Waals surface area contributed by atoms with Gasteiger partial charge in [-0.2, -0.15) is 10.1 Å². The van der Waals surface area contributed by atoms with Crippen LogP contribution in [-0.2, 0) is 20.6 Å². The van der Waals surface area contributed by atoms with Crippen molar-refractivity contribution in [3.63, 3.8) is 0 Å². The number of anilines is 1. The normalized spacial score (nSPS) is 11.8. The molecule has 9 nitrogen and oxygen atoms in total. The Kier molecular flexibility index (Phi) is 4.91. The Bertz CT molecular complexity index is 1210. The molecule has 0 unspecified atom stereocenters. The van der Waals surface area contributed by atoms with Gasteiger partial charge in [-0.05, 0) is 43.7 Å². The van der Waals surface area contributed by atoms with E-state index in [4.69, 9.17) is 0 Å². The highest BCUT2D eigenvalue weighted by Crippen LogP contribution is 2.18. The lowest BCUT2D eigenvalue weighted by Crippen LogP contribution is -2.37. The molecular formula is C19H22N6O3. The number of nitrogens with zero attached hydrogens (tertiary/aromatic N) is 5. The lowest BCUT2D eigenvalue weighted by atomic mass is 10.1. The molecule has 0 fully saturated rings. The Morgan fingerprint density at radius 3 is 2.43 bits per heavy atom. The zero-order valence-electron chi connectivity index (χ0n) is 16.2. The molecule has 2 aromatic heterocycles. The maximum Gasteiger partial charge on any atom is 0.332 e. The number of rotatable bonds is 5. The van der Waals surface area contributed by atoms with Crippen molar-refractivity contribution in [1.82, 2.24) is 18.7 Å². The van der Waals surface area contributed by atoms with Crippen molar-refractivity contribution >= 4 is 22.8 Å². The van der Waals surface area contributed by atoms with Crippen LogP contribution in [0.5, 0.6) is 5.75 Å². The molecule has 0 atom stereocenters. The van der Waals surface area contributed by atoms with E-state index in [0.717, 1.165) is 15.7 Å². The van der Waals surface area contributed by atoms with Crippen molar-refractivity contribution in [2.75, 3.05) is 5.43 Å². The second kappa shape index (κ2) is 7.18. The van der Waals surface area contributed by atoms with Crippen LogP contribution in [0.15, 0.2) is 51.1 Å². The number of aromatic nitrogens is 4. The van der Waals surface area contributed by atoms with Gasteiger partial charge in [0.1, 0.15) is 5.75 Å². The summed E-state index contributed by atoms with van der Waals surface area (Å²) in [5.74, 6) is 0.499. The van der Waals surface area contributed by atoms with Crippen LogP contribution in [-0.4, -0.2) is 29.5 Å². The van der Waals surface area contributed by atoms with Gasteiger partial charge in [0.05, 0.1) is 5.71 Å². The fourth-order valence-electron chi connectivity index (χ4n) is 2.86. The van der Waals surface area contributed by atoms with Crippen LogP contribution >= 0.6 is 0 Å². The molecule has 0 bridgehead atoms. The monoisotopic (exact) mass is 382 g/mol. The largest absolute Gasteiger partial charge is 0.508 e. The van der Waals surface area contributed by atoms with Crippen molar-refractivity contribution < 1.29 is 5.11 Å². The van der Waals surface area contributed by atoms with Crippen LogP contribution in [0.3, 0.4) is 0 Å². The molecule has 0 aliphatic heterocycles. The highest BCUT2D eigenvalue weighted by Gasteiger charge is 2.19. The van der Waals surface area contributed by atoms with Gasteiger partial charge in [-0.1, -0.05) is 12.2 Å². The highest BCUT2D eigenvalue weighted by molar-refractivity contribution is 5.99. The first-order valence-corrected chi connectivity index (χ1v) is 8.61. The highest BCUT2D eigenvalue weighted by atomic mass is 16.3. The van der Waals surface area contributed by atoms with E-state index in [0.29, 0.717) is 23.7 Å².